The van der Waals surface area contributed by atoms with Crippen molar-refractivity contribution in [2.24, 2.45) is 5.92 Å². The molecule has 0 spiro atoms. The van der Waals surface area contributed by atoms with Crippen LogP contribution in [0.5, 0.6) is 0 Å². The highest BCUT2D eigenvalue weighted by atomic mass is 32.1. The van der Waals surface area contributed by atoms with Gasteiger partial charge in [0, 0.05) is 24.7 Å². The zero-order chi connectivity index (χ0) is 21.8. The number of piperidine rings is 1. The van der Waals surface area contributed by atoms with Crippen molar-refractivity contribution in [3.05, 3.63) is 23.2 Å². The maximum absolute atomic E-state index is 12.8. The van der Waals surface area contributed by atoms with Crippen LogP contribution in [0.4, 0.5) is 9.93 Å². The van der Waals surface area contributed by atoms with Gasteiger partial charge in [0.25, 0.3) is 0 Å². The fraction of sp³-hybridized carbons (Fsp3) is 0.571. The molecule has 2 fully saturated rings. The van der Waals surface area contributed by atoms with E-state index < -0.39 is 17.8 Å². The summed E-state index contributed by atoms with van der Waals surface area (Å²) in [6.45, 7) is 1.36. The first-order valence-electron chi connectivity index (χ1n) is 10.8. The maximum Gasteiger partial charge on any atom is 0.335 e. The number of carbonyl (C=O) groups is 4. The maximum atomic E-state index is 12.8. The molecule has 0 saturated carbocycles. The van der Waals surface area contributed by atoms with Crippen molar-refractivity contribution in [1.29, 1.82) is 0 Å². The highest BCUT2D eigenvalue weighted by Gasteiger charge is 2.45. The minimum atomic E-state index is -0.781. The van der Waals surface area contributed by atoms with Gasteiger partial charge < -0.3 is 5.32 Å². The molecule has 1 aliphatic carbocycles. The molecule has 3 heterocycles. The Morgan fingerprint density at radius 2 is 2.00 bits per heavy atom. The van der Waals surface area contributed by atoms with Crippen LogP contribution < -0.4 is 5.32 Å². The Hall–Kier alpha value is -2.59. The summed E-state index contributed by atoms with van der Waals surface area (Å²) in [6, 6.07) is -0.555. The molecule has 4 rings (SSSR count). The summed E-state index contributed by atoms with van der Waals surface area (Å²) < 4.78 is 0. The van der Waals surface area contributed by atoms with Gasteiger partial charge in [-0.2, -0.15) is 0 Å². The fourth-order valence-electron chi connectivity index (χ4n) is 4.35. The van der Waals surface area contributed by atoms with Gasteiger partial charge in [-0.3, -0.25) is 24.2 Å². The van der Waals surface area contributed by atoms with Crippen LogP contribution in [0.25, 0.3) is 0 Å². The van der Waals surface area contributed by atoms with Crippen molar-refractivity contribution < 1.29 is 19.2 Å². The number of allylic oxidation sites excluding steroid dienone is 1. The van der Waals surface area contributed by atoms with Crippen molar-refractivity contribution in [2.75, 3.05) is 31.6 Å². The van der Waals surface area contributed by atoms with Gasteiger partial charge in [0.15, 0.2) is 5.13 Å². The molecular weight excluding hydrogens is 418 g/mol. The van der Waals surface area contributed by atoms with E-state index in [-0.39, 0.29) is 25.0 Å². The van der Waals surface area contributed by atoms with E-state index in [1.165, 1.54) is 23.3 Å². The molecule has 1 aromatic heterocycles. The average Bonchev–Trinajstić information content (AvgIpc) is 3.36. The Morgan fingerprint density at radius 3 is 2.74 bits per heavy atom. The second-order valence-corrected chi connectivity index (χ2v) is 9.11. The molecule has 10 heteroatoms. The second-order valence-electron chi connectivity index (χ2n) is 8.21. The Kier molecular flexibility index (Phi) is 6.77. The number of likely N-dealkylation sites (tertiary alicyclic amines) is 1. The zero-order valence-corrected chi connectivity index (χ0v) is 18.2. The van der Waals surface area contributed by atoms with E-state index in [9.17, 15) is 19.2 Å². The fourth-order valence-corrected chi connectivity index (χ4v) is 4.88. The minimum absolute atomic E-state index is 0.0314. The molecule has 31 heavy (non-hydrogen) atoms. The molecule has 0 bridgehead atoms. The van der Waals surface area contributed by atoms with Crippen molar-refractivity contribution in [1.82, 2.24) is 19.7 Å². The van der Waals surface area contributed by atoms with E-state index in [0.29, 0.717) is 24.6 Å². The minimum Gasteiger partial charge on any atom is -0.302 e. The molecule has 2 saturated heterocycles. The first-order valence-corrected chi connectivity index (χ1v) is 11.7. The van der Waals surface area contributed by atoms with E-state index in [4.69, 9.17) is 0 Å². The topological polar surface area (TPSA) is 103 Å². The molecular formula is C21H27N5O4S. The lowest BCUT2D eigenvalue weighted by Crippen LogP contribution is -2.48. The molecule has 1 unspecified atom stereocenters. The number of urea groups is 1. The normalized spacial score (nSPS) is 22.8. The van der Waals surface area contributed by atoms with Gasteiger partial charge in [-0.15, -0.1) is 11.3 Å². The molecule has 1 aromatic rings. The Morgan fingerprint density at radius 1 is 1.16 bits per heavy atom. The van der Waals surface area contributed by atoms with Crippen LogP contribution in [0.15, 0.2) is 23.2 Å². The number of carbonyl (C=O) groups excluding carboxylic acids is 4. The van der Waals surface area contributed by atoms with Crippen LogP contribution in [-0.2, 0) is 14.4 Å². The number of imide groups is 2. The molecule has 166 valence electrons. The number of aromatic nitrogens is 1. The van der Waals surface area contributed by atoms with E-state index >= 15 is 0 Å². The molecule has 1 N–H and O–H groups in total. The lowest BCUT2D eigenvalue weighted by Gasteiger charge is -2.33. The van der Waals surface area contributed by atoms with E-state index in [0.717, 1.165) is 41.9 Å². The molecule has 9 nitrogen and oxygen atoms in total. The molecule has 2 aliphatic heterocycles. The number of nitrogens with zero attached hydrogens (tertiary/aromatic N) is 4. The number of hydrogen-bond donors (Lipinski definition) is 1. The second kappa shape index (κ2) is 9.69. The Bertz CT molecular complexity index is 884. The quantitative estimate of drug-likeness (QED) is 0.393. The largest absolute Gasteiger partial charge is 0.335 e. The van der Waals surface area contributed by atoms with Crippen molar-refractivity contribution >= 4 is 40.2 Å². The van der Waals surface area contributed by atoms with Crippen molar-refractivity contribution in [2.45, 2.75) is 44.9 Å². The number of amides is 5. The van der Waals surface area contributed by atoms with Gasteiger partial charge in [0.1, 0.15) is 0 Å². The Labute approximate surface area is 185 Å². The van der Waals surface area contributed by atoms with Crippen LogP contribution in [-0.4, -0.2) is 69.7 Å². The van der Waals surface area contributed by atoms with E-state index in [1.807, 2.05) is 4.90 Å². The summed E-state index contributed by atoms with van der Waals surface area (Å²) in [5.74, 6) is -1.90. The summed E-state index contributed by atoms with van der Waals surface area (Å²) in [5.41, 5.74) is 1.25. The molecule has 0 aromatic carbocycles. The van der Waals surface area contributed by atoms with Crippen molar-refractivity contribution in [3.8, 4) is 0 Å². The molecule has 3 aliphatic rings. The number of thiazole rings is 1. The van der Waals surface area contributed by atoms with Gasteiger partial charge in [0.2, 0.25) is 5.91 Å². The van der Waals surface area contributed by atoms with Crippen LogP contribution in [0, 0.1) is 5.92 Å². The standard InChI is InChI=1S/C21H27N5O4S/c27-17(23-20-22-9-12-31-20)16-7-4-10-24(13-16)14-26-19(29)18(28)25(21(26)30)11-8-15-5-2-1-3-6-15/h5,9,12,16H,1-4,6-8,10-11,13-14H2,(H,22,23,27). The lowest BCUT2D eigenvalue weighted by atomic mass is 9.97. The smallest absolute Gasteiger partial charge is 0.302 e. The summed E-state index contributed by atoms with van der Waals surface area (Å²) in [4.78, 5) is 58.2. The molecule has 1 atom stereocenters. The predicted molar refractivity (Wildman–Crippen MR) is 115 cm³/mol. The summed E-state index contributed by atoms with van der Waals surface area (Å²) in [5, 5.41) is 5.16. The molecule has 0 radical (unpaired) electrons. The number of hydrogen-bond acceptors (Lipinski definition) is 7. The number of rotatable bonds is 7. The highest BCUT2D eigenvalue weighted by Crippen LogP contribution is 2.24. The third-order valence-corrected chi connectivity index (χ3v) is 6.75. The van der Waals surface area contributed by atoms with Gasteiger partial charge in [-0.25, -0.2) is 14.7 Å². The first kappa shape index (κ1) is 21.6. The SMILES string of the molecule is O=C(Nc1nccs1)C1CCCN(CN2C(=O)C(=O)N(CCC3=CCCCC3)C2=O)C1. The van der Waals surface area contributed by atoms with E-state index in [1.54, 1.807) is 11.6 Å². The number of nitrogens with one attached hydrogen (secondary N) is 1. The van der Waals surface area contributed by atoms with E-state index in [2.05, 4.69) is 16.4 Å². The monoisotopic (exact) mass is 445 g/mol. The lowest BCUT2D eigenvalue weighted by molar-refractivity contribution is -0.144. The van der Waals surface area contributed by atoms with Gasteiger partial charge >= 0.3 is 17.8 Å². The van der Waals surface area contributed by atoms with Gasteiger partial charge in [-0.05, 0) is 51.5 Å². The van der Waals surface area contributed by atoms with Crippen LogP contribution in [0.1, 0.15) is 44.9 Å². The Balaban J connectivity index is 1.32. The summed E-state index contributed by atoms with van der Waals surface area (Å²) in [6.07, 6.45) is 10.3. The van der Waals surface area contributed by atoms with Crippen LogP contribution in [0.2, 0.25) is 0 Å². The van der Waals surface area contributed by atoms with Crippen LogP contribution in [0.3, 0.4) is 0 Å². The third kappa shape index (κ3) is 5.01. The van der Waals surface area contributed by atoms with Gasteiger partial charge in [-0.1, -0.05) is 11.6 Å². The summed E-state index contributed by atoms with van der Waals surface area (Å²) in [7, 11) is 0. The summed E-state index contributed by atoms with van der Waals surface area (Å²) >= 11 is 1.36. The number of anilines is 1. The predicted octanol–water partition coefficient (Wildman–Crippen LogP) is 2.43. The van der Waals surface area contributed by atoms with Crippen LogP contribution >= 0.6 is 11.3 Å². The van der Waals surface area contributed by atoms with Crippen molar-refractivity contribution in [3.63, 3.8) is 0 Å². The first-order chi connectivity index (χ1) is 15.0. The zero-order valence-electron chi connectivity index (χ0n) is 17.4. The average molecular weight is 446 g/mol. The highest BCUT2D eigenvalue weighted by molar-refractivity contribution is 7.13. The third-order valence-electron chi connectivity index (χ3n) is 6.06. The molecule has 5 amide bonds. The van der Waals surface area contributed by atoms with Gasteiger partial charge in [0.05, 0.1) is 12.6 Å².